The summed E-state index contributed by atoms with van der Waals surface area (Å²) in [4.78, 5) is 22.0. The third-order valence-electron chi connectivity index (χ3n) is 3.12. The van der Waals surface area contributed by atoms with E-state index in [4.69, 9.17) is 5.11 Å². The highest BCUT2D eigenvalue weighted by Crippen LogP contribution is 2.17. The van der Waals surface area contributed by atoms with Crippen molar-refractivity contribution in [3.8, 4) is 0 Å². The SMILES string of the molecule is CCCC(CCNC(=O)CCNCC)CCC(=O)O. The van der Waals surface area contributed by atoms with Crippen molar-refractivity contribution >= 4 is 11.9 Å². The minimum atomic E-state index is -0.740. The average Bonchev–Trinajstić information content (AvgIpc) is 2.36. The molecule has 1 unspecified atom stereocenters. The van der Waals surface area contributed by atoms with E-state index in [1.807, 2.05) is 6.92 Å². The molecule has 0 fully saturated rings. The van der Waals surface area contributed by atoms with Crippen molar-refractivity contribution in [2.45, 2.75) is 52.4 Å². The van der Waals surface area contributed by atoms with Crippen molar-refractivity contribution in [1.82, 2.24) is 10.6 Å². The highest BCUT2D eigenvalue weighted by Gasteiger charge is 2.10. The first kappa shape index (κ1) is 17.9. The van der Waals surface area contributed by atoms with Gasteiger partial charge in [-0.1, -0.05) is 26.7 Å². The van der Waals surface area contributed by atoms with Gasteiger partial charge in [-0.3, -0.25) is 9.59 Å². The number of hydrogen-bond acceptors (Lipinski definition) is 3. The number of nitrogens with one attached hydrogen (secondary N) is 2. The summed E-state index contributed by atoms with van der Waals surface area (Å²) in [5, 5.41) is 14.7. The van der Waals surface area contributed by atoms with Gasteiger partial charge in [-0.05, 0) is 25.3 Å². The summed E-state index contributed by atoms with van der Waals surface area (Å²) in [6.07, 6.45) is 4.38. The summed E-state index contributed by atoms with van der Waals surface area (Å²) in [6.45, 7) is 6.34. The largest absolute Gasteiger partial charge is 0.481 e. The fraction of sp³-hybridized carbons (Fsp3) is 0.857. The van der Waals surface area contributed by atoms with E-state index in [0.717, 1.165) is 25.8 Å². The summed E-state index contributed by atoms with van der Waals surface area (Å²) in [5.41, 5.74) is 0. The predicted octanol–water partition coefficient (Wildman–Crippen LogP) is 1.77. The van der Waals surface area contributed by atoms with E-state index in [0.29, 0.717) is 31.8 Å². The summed E-state index contributed by atoms with van der Waals surface area (Å²) in [7, 11) is 0. The number of aliphatic carboxylic acids is 1. The molecule has 0 aromatic heterocycles. The van der Waals surface area contributed by atoms with Crippen molar-refractivity contribution in [1.29, 1.82) is 0 Å². The minimum Gasteiger partial charge on any atom is -0.481 e. The molecule has 0 saturated heterocycles. The van der Waals surface area contributed by atoms with Crippen LogP contribution in [0.15, 0.2) is 0 Å². The Labute approximate surface area is 116 Å². The molecule has 5 heteroatoms. The van der Waals surface area contributed by atoms with Crippen LogP contribution in [0.4, 0.5) is 0 Å². The summed E-state index contributed by atoms with van der Waals surface area (Å²) in [6, 6.07) is 0. The van der Waals surface area contributed by atoms with Crippen molar-refractivity contribution < 1.29 is 14.7 Å². The van der Waals surface area contributed by atoms with Gasteiger partial charge in [0.1, 0.15) is 0 Å². The van der Waals surface area contributed by atoms with Gasteiger partial charge < -0.3 is 15.7 Å². The Kier molecular flexibility index (Phi) is 11.3. The van der Waals surface area contributed by atoms with Crippen LogP contribution in [0.3, 0.4) is 0 Å². The van der Waals surface area contributed by atoms with E-state index in [1.54, 1.807) is 0 Å². The van der Waals surface area contributed by atoms with Gasteiger partial charge in [-0.15, -0.1) is 0 Å². The molecule has 5 nitrogen and oxygen atoms in total. The molecule has 112 valence electrons. The molecule has 0 aromatic carbocycles. The topological polar surface area (TPSA) is 78.4 Å². The van der Waals surface area contributed by atoms with Gasteiger partial charge in [0, 0.05) is 25.9 Å². The molecule has 0 radical (unpaired) electrons. The van der Waals surface area contributed by atoms with E-state index >= 15 is 0 Å². The molecule has 0 aromatic rings. The van der Waals surface area contributed by atoms with Crippen LogP contribution in [0.25, 0.3) is 0 Å². The second-order valence-electron chi connectivity index (χ2n) is 4.83. The molecule has 0 bridgehead atoms. The predicted molar refractivity (Wildman–Crippen MR) is 76.1 cm³/mol. The first-order chi connectivity index (χ1) is 9.10. The van der Waals surface area contributed by atoms with E-state index < -0.39 is 5.97 Å². The van der Waals surface area contributed by atoms with Gasteiger partial charge in [0.2, 0.25) is 5.91 Å². The van der Waals surface area contributed by atoms with Gasteiger partial charge in [-0.25, -0.2) is 0 Å². The maximum Gasteiger partial charge on any atom is 0.303 e. The number of carbonyl (C=O) groups excluding carboxylic acids is 1. The Balaban J connectivity index is 3.72. The number of rotatable bonds is 12. The maximum absolute atomic E-state index is 11.5. The lowest BCUT2D eigenvalue weighted by atomic mass is 9.94. The fourth-order valence-electron chi connectivity index (χ4n) is 2.05. The molecule has 0 rings (SSSR count). The number of carbonyl (C=O) groups is 2. The van der Waals surface area contributed by atoms with Crippen LogP contribution in [0.2, 0.25) is 0 Å². The molecular weight excluding hydrogens is 244 g/mol. The molecule has 0 heterocycles. The number of amides is 1. The lowest BCUT2D eigenvalue weighted by Gasteiger charge is -2.15. The molecule has 0 spiro atoms. The van der Waals surface area contributed by atoms with Crippen molar-refractivity contribution in [3.05, 3.63) is 0 Å². The lowest BCUT2D eigenvalue weighted by Crippen LogP contribution is -2.29. The van der Waals surface area contributed by atoms with Crippen molar-refractivity contribution in [2.75, 3.05) is 19.6 Å². The Bertz CT molecular complexity index is 257. The third kappa shape index (κ3) is 11.7. The normalized spacial score (nSPS) is 12.1. The van der Waals surface area contributed by atoms with Crippen LogP contribution in [0, 0.1) is 5.92 Å². The quantitative estimate of drug-likeness (QED) is 0.473. The van der Waals surface area contributed by atoms with E-state index in [1.165, 1.54) is 0 Å². The van der Waals surface area contributed by atoms with Crippen LogP contribution in [0.5, 0.6) is 0 Å². The zero-order chi connectivity index (χ0) is 14.5. The Morgan fingerprint density at radius 2 is 1.79 bits per heavy atom. The first-order valence-electron chi connectivity index (χ1n) is 7.29. The van der Waals surface area contributed by atoms with Gasteiger partial charge in [0.05, 0.1) is 0 Å². The minimum absolute atomic E-state index is 0.0643. The number of carboxylic acids is 1. The second-order valence-corrected chi connectivity index (χ2v) is 4.83. The zero-order valence-corrected chi connectivity index (χ0v) is 12.2. The van der Waals surface area contributed by atoms with E-state index in [2.05, 4.69) is 17.6 Å². The maximum atomic E-state index is 11.5. The van der Waals surface area contributed by atoms with Crippen LogP contribution in [0.1, 0.15) is 52.4 Å². The van der Waals surface area contributed by atoms with Crippen LogP contribution >= 0.6 is 0 Å². The van der Waals surface area contributed by atoms with Crippen molar-refractivity contribution in [2.24, 2.45) is 5.92 Å². The fourth-order valence-corrected chi connectivity index (χ4v) is 2.05. The lowest BCUT2D eigenvalue weighted by molar-refractivity contribution is -0.137. The number of hydrogen-bond donors (Lipinski definition) is 3. The smallest absolute Gasteiger partial charge is 0.303 e. The summed E-state index contributed by atoms with van der Waals surface area (Å²) < 4.78 is 0. The molecule has 0 aliphatic carbocycles. The molecule has 19 heavy (non-hydrogen) atoms. The van der Waals surface area contributed by atoms with Gasteiger partial charge in [0.25, 0.3) is 0 Å². The van der Waals surface area contributed by atoms with Gasteiger partial charge >= 0.3 is 5.97 Å². The highest BCUT2D eigenvalue weighted by atomic mass is 16.4. The molecule has 3 N–H and O–H groups in total. The zero-order valence-electron chi connectivity index (χ0n) is 12.2. The molecule has 0 aliphatic heterocycles. The van der Waals surface area contributed by atoms with Crippen LogP contribution < -0.4 is 10.6 Å². The van der Waals surface area contributed by atoms with Crippen LogP contribution in [-0.2, 0) is 9.59 Å². The Morgan fingerprint density at radius 3 is 2.37 bits per heavy atom. The molecule has 1 atom stereocenters. The van der Waals surface area contributed by atoms with Gasteiger partial charge in [0.15, 0.2) is 0 Å². The van der Waals surface area contributed by atoms with E-state index in [-0.39, 0.29) is 12.3 Å². The Morgan fingerprint density at radius 1 is 1.05 bits per heavy atom. The highest BCUT2D eigenvalue weighted by molar-refractivity contribution is 5.76. The third-order valence-corrected chi connectivity index (χ3v) is 3.12. The molecular formula is C14H28N2O3. The standard InChI is InChI=1S/C14H28N2O3/c1-3-5-12(6-7-14(18)19)8-11-16-13(17)9-10-15-4-2/h12,15H,3-11H2,1-2H3,(H,16,17)(H,18,19). The summed E-state index contributed by atoms with van der Waals surface area (Å²) >= 11 is 0. The monoisotopic (exact) mass is 272 g/mol. The van der Waals surface area contributed by atoms with Crippen LogP contribution in [-0.4, -0.2) is 36.6 Å². The van der Waals surface area contributed by atoms with Crippen molar-refractivity contribution in [3.63, 3.8) is 0 Å². The summed E-state index contributed by atoms with van der Waals surface area (Å²) in [5.74, 6) is -0.277. The van der Waals surface area contributed by atoms with Gasteiger partial charge in [-0.2, -0.15) is 0 Å². The molecule has 1 amide bonds. The second kappa shape index (κ2) is 12.0. The average molecular weight is 272 g/mol. The first-order valence-corrected chi connectivity index (χ1v) is 7.29. The number of carboxylic acid groups (broad SMARTS) is 1. The molecule has 0 saturated carbocycles. The Hall–Kier alpha value is -1.10. The van der Waals surface area contributed by atoms with E-state index in [9.17, 15) is 9.59 Å². The molecule has 0 aliphatic rings.